The average molecular weight is 282 g/mol. The maximum absolute atomic E-state index is 5.57. The number of ether oxygens (including phenoxy) is 1. The second-order valence-corrected chi connectivity index (χ2v) is 7.28. The van der Waals surface area contributed by atoms with Crippen LogP contribution in [0.2, 0.25) is 0 Å². The van der Waals surface area contributed by atoms with Crippen molar-refractivity contribution in [3.63, 3.8) is 0 Å². The van der Waals surface area contributed by atoms with E-state index in [1.807, 2.05) is 11.3 Å². The van der Waals surface area contributed by atoms with Crippen molar-refractivity contribution in [2.45, 2.75) is 64.5 Å². The van der Waals surface area contributed by atoms with Crippen LogP contribution in [0.25, 0.3) is 0 Å². The fraction of sp³-hybridized carbons (Fsp3) is 0.800. The fourth-order valence-corrected chi connectivity index (χ4v) is 3.70. The van der Waals surface area contributed by atoms with Crippen molar-refractivity contribution in [3.05, 3.63) is 15.6 Å². The van der Waals surface area contributed by atoms with Gasteiger partial charge in [0.1, 0.15) is 10.6 Å². The Kier molecular flexibility index (Phi) is 4.64. The molecular formula is C15H26N2OS. The van der Waals surface area contributed by atoms with Crippen molar-refractivity contribution in [2.24, 2.45) is 0 Å². The first-order valence-corrected chi connectivity index (χ1v) is 8.04. The van der Waals surface area contributed by atoms with Crippen molar-refractivity contribution in [1.29, 1.82) is 0 Å². The molecule has 0 aliphatic heterocycles. The van der Waals surface area contributed by atoms with Crippen molar-refractivity contribution in [2.75, 3.05) is 13.7 Å². The highest BCUT2D eigenvalue weighted by molar-refractivity contribution is 7.11. The molecule has 1 aliphatic rings. The Morgan fingerprint density at radius 3 is 2.84 bits per heavy atom. The number of hydrogen-bond donors (Lipinski definition) is 1. The van der Waals surface area contributed by atoms with E-state index < -0.39 is 0 Å². The summed E-state index contributed by atoms with van der Waals surface area (Å²) in [6.07, 6.45) is 3.72. The summed E-state index contributed by atoms with van der Waals surface area (Å²) in [6, 6.07) is 0.541. The van der Waals surface area contributed by atoms with Crippen molar-refractivity contribution in [3.8, 4) is 0 Å². The number of methoxy groups -OCH3 is 1. The molecule has 19 heavy (non-hydrogen) atoms. The summed E-state index contributed by atoms with van der Waals surface area (Å²) in [5.74, 6) is 0.573. The van der Waals surface area contributed by atoms with Gasteiger partial charge in [-0.3, -0.25) is 0 Å². The molecule has 0 spiro atoms. The molecule has 0 amide bonds. The predicted octanol–water partition coefficient (Wildman–Crippen LogP) is 3.44. The molecule has 1 aliphatic carbocycles. The van der Waals surface area contributed by atoms with E-state index in [1.165, 1.54) is 29.8 Å². The van der Waals surface area contributed by atoms with Crippen LogP contribution >= 0.6 is 11.3 Å². The fourth-order valence-electron chi connectivity index (χ4n) is 2.43. The highest BCUT2D eigenvalue weighted by atomic mass is 32.1. The Hall–Kier alpha value is -0.450. The monoisotopic (exact) mass is 282 g/mol. The molecule has 4 heteroatoms. The smallest absolute Gasteiger partial charge is 0.125 e. The van der Waals surface area contributed by atoms with Gasteiger partial charge in [0.2, 0.25) is 0 Å². The van der Waals surface area contributed by atoms with Crippen LogP contribution < -0.4 is 5.32 Å². The van der Waals surface area contributed by atoms with Crippen molar-refractivity contribution in [1.82, 2.24) is 10.3 Å². The van der Waals surface area contributed by atoms with E-state index >= 15 is 0 Å². The minimum Gasteiger partial charge on any atom is -0.372 e. The van der Waals surface area contributed by atoms with Gasteiger partial charge in [0.15, 0.2) is 0 Å². The first-order chi connectivity index (χ1) is 8.94. The Morgan fingerprint density at radius 1 is 1.47 bits per heavy atom. The lowest BCUT2D eigenvalue weighted by Gasteiger charge is -2.22. The molecule has 1 atom stereocenters. The van der Waals surface area contributed by atoms with Crippen molar-refractivity contribution < 1.29 is 4.74 Å². The number of thiazole rings is 1. The molecule has 1 N–H and O–H groups in total. The number of nitrogens with one attached hydrogen (secondary N) is 1. The summed E-state index contributed by atoms with van der Waals surface area (Å²) >= 11 is 1.84. The van der Waals surface area contributed by atoms with Gasteiger partial charge in [-0.2, -0.15) is 0 Å². The Bertz CT molecular complexity index is 426. The van der Waals surface area contributed by atoms with E-state index in [9.17, 15) is 0 Å². The van der Waals surface area contributed by atoms with E-state index in [1.54, 1.807) is 7.11 Å². The highest BCUT2D eigenvalue weighted by Crippen LogP contribution is 2.38. The van der Waals surface area contributed by atoms with Gasteiger partial charge in [-0.1, -0.05) is 13.8 Å². The first kappa shape index (κ1) is 14.9. The first-order valence-electron chi connectivity index (χ1n) is 7.22. The highest BCUT2D eigenvalue weighted by Gasteiger charge is 2.30. The van der Waals surface area contributed by atoms with E-state index in [4.69, 9.17) is 9.72 Å². The van der Waals surface area contributed by atoms with Crippen LogP contribution in [0.4, 0.5) is 0 Å². The number of hydrogen-bond acceptors (Lipinski definition) is 4. The zero-order valence-corrected chi connectivity index (χ0v) is 13.6. The lowest BCUT2D eigenvalue weighted by atomic mass is 9.91. The molecule has 108 valence electrons. The maximum atomic E-state index is 5.57. The molecule has 0 aromatic carbocycles. The van der Waals surface area contributed by atoms with Gasteiger partial charge in [0, 0.05) is 30.5 Å². The summed E-state index contributed by atoms with van der Waals surface area (Å²) in [7, 11) is 1.76. The molecule has 0 fully saturated rings. The Balaban J connectivity index is 2.19. The van der Waals surface area contributed by atoms with Crippen LogP contribution in [0.1, 0.15) is 62.0 Å². The van der Waals surface area contributed by atoms with Gasteiger partial charge in [0.05, 0.1) is 5.69 Å². The van der Waals surface area contributed by atoms with Crippen LogP contribution in [-0.2, 0) is 16.8 Å². The normalized spacial score (nSPS) is 19.8. The van der Waals surface area contributed by atoms with E-state index in [0.717, 1.165) is 11.6 Å². The predicted molar refractivity (Wildman–Crippen MR) is 81.0 cm³/mol. The zero-order valence-electron chi connectivity index (χ0n) is 12.7. The quantitative estimate of drug-likeness (QED) is 0.898. The number of aryl methyl sites for hydroxylation is 1. The topological polar surface area (TPSA) is 34.1 Å². The van der Waals surface area contributed by atoms with Gasteiger partial charge >= 0.3 is 0 Å². The van der Waals surface area contributed by atoms with Crippen LogP contribution in [-0.4, -0.2) is 24.7 Å². The lowest BCUT2D eigenvalue weighted by Crippen LogP contribution is -2.29. The largest absolute Gasteiger partial charge is 0.372 e. The van der Waals surface area contributed by atoms with Crippen molar-refractivity contribution >= 4 is 11.3 Å². The lowest BCUT2D eigenvalue weighted by molar-refractivity contribution is 0.0189. The maximum Gasteiger partial charge on any atom is 0.125 e. The van der Waals surface area contributed by atoms with Gasteiger partial charge < -0.3 is 10.1 Å². The minimum absolute atomic E-state index is 0.266. The molecule has 1 aromatic rings. The Labute approximate surface area is 120 Å². The van der Waals surface area contributed by atoms with E-state index in [0.29, 0.717) is 12.0 Å². The third-order valence-corrected chi connectivity index (χ3v) is 5.30. The summed E-state index contributed by atoms with van der Waals surface area (Å²) in [5, 5.41) is 4.67. The molecule has 1 heterocycles. The zero-order chi connectivity index (χ0) is 14.0. The number of rotatable bonds is 5. The number of aromatic nitrogens is 1. The van der Waals surface area contributed by atoms with Gasteiger partial charge in [0.25, 0.3) is 0 Å². The second-order valence-electron chi connectivity index (χ2n) is 6.19. The van der Waals surface area contributed by atoms with Gasteiger partial charge in [-0.25, -0.2) is 4.98 Å². The summed E-state index contributed by atoms with van der Waals surface area (Å²) < 4.78 is 5.57. The van der Waals surface area contributed by atoms with E-state index in [-0.39, 0.29) is 5.60 Å². The molecule has 0 saturated carbocycles. The van der Waals surface area contributed by atoms with Crippen LogP contribution in [0.3, 0.4) is 0 Å². The molecular weight excluding hydrogens is 256 g/mol. The van der Waals surface area contributed by atoms with Crippen LogP contribution in [0.15, 0.2) is 0 Å². The molecule has 0 bridgehead atoms. The van der Waals surface area contributed by atoms with Gasteiger partial charge in [-0.05, 0) is 33.1 Å². The SMILES string of the molecule is COC(C)(C)c1nc2c(s1)CCCC2CNC(C)C. The summed E-state index contributed by atoms with van der Waals surface area (Å²) in [4.78, 5) is 6.38. The molecule has 3 nitrogen and oxygen atoms in total. The Morgan fingerprint density at radius 2 is 2.21 bits per heavy atom. The molecule has 1 aromatic heterocycles. The number of nitrogens with zero attached hydrogens (tertiary/aromatic N) is 1. The third kappa shape index (κ3) is 3.36. The third-order valence-electron chi connectivity index (χ3n) is 3.87. The average Bonchev–Trinajstić information content (AvgIpc) is 2.81. The second kappa shape index (κ2) is 5.90. The minimum atomic E-state index is -0.266. The standard InChI is InChI=1S/C15H26N2OS/c1-10(2)16-9-11-7-6-8-12-13(11)17-14(19-12)15(3,4)18-5/h10-11,16H,6-9H2,1-5H3. The van der Waals surface area contributed by atoms with Crippen LogP contribution in [0, 0.1) is 0 Å². The van der Waals surface area contributed by atoms with Gasteiger partial charge in [-0.15, -0.1) is 11.3 Å². The summed E-state index contributed by atoms with van der Waals surface area (Å²) in [6.45, 7) is 9.63. The number of fused-ring (bicyclic) bond motifs is 1. The molecule has 2 rings (SSSR count). The molecule has 1 unspecified atom stereocenters. The van der Waals surface area contributed by atoms with E-state index in [2.05, 4.69) is 33.0 Å². The summed E-state index contributed by atoms with van der Waals surface area (Å²) in [5.41, 5.74) is 1.06. The van der Waals surface area contributed by atoms with Crippen LogP contribution in [0.5, 0.6) is 0 Å². The molecule has 0 saturated heterocycles. The molecule has 0 radical (unpaired) electrons.